The Morgan fingerprint density at radius 3 is 2.19 bits per heavy atom. The van der Waals surface area contributed by atoms with E-state index in [4.69, 9.17) is 29.7 Å². The van der Waals surface area contributed by atoms with E-state index in [0.717, 1.165) is 5.56 Å². The minimum Gasteiger partial charge on any atom is -0.457 e. The third kappa shape index (κ3) is 4.25. The van der Waals surface area contributed by atoms with Crippen molar-refractivity contribution >= 4 is 13.0 Å². The third-order valence-electron chi connectivity index (χ3n) is 4.94. The highest BCUT2D eigenvalue weighted by atomic mass is 16.8. The lowest BCUT2D eigenvalue weighted by atomic mass is 9.90. The molecular formula is C20H23BN2O4. The van der Waals surface area contributed by atoms with Crippen LogP contribution in [0.3, 0.4) is 0 Å². The number of nitrogens with zero attached hydrogens (tertiary/aromatic N) is 1. The van der Waals surface area contributed by atoms with Gasteiger partial charge in [0.15, 0.2) is 0 Å². The van der Waals surface area contributed by atoms with Crippen LogP contribution in [-0.4, -0.2) is 18.5 Å². The molecule has 27 heavy (non-hydrogen) atoms. The summed E-state index contributed by atoms with van der Waals surface area (Å²) in [5, 5.41) is 8.86. The van der Waals surface area contributed by atoms with Gasteiger partial charge in [0.25, 0.3) is 0 Å². The topological polar surface area (TPSA) is 86.7 Å². The molecule has 0 saturated carbocycles. The number of hydrogen-bond donors (Lipinski definition) is 1. The molecular weight excluding hydrogens is 343 g/mol. The van der Waals surface area contributed by atoms with E-state index in [1.807, 2.05) is 33.8 Å². The lowest BCUT2D eigenvalue weighted by Gasteiger charge is -2.31. The molecule has 2 aromatic rings. The molecule has 0 bridgehead atoms. The van der Waals surface area contributed by atoms with Crippen molar-refractivity contribution in [2.24, 2.45) is 0 Å². The average Bonchev–Trinajstić information content (AvgIpc) is 2.83. The first kappa shape index (κ1) is 19.2. The van der Waals surface area contributed by atoms with Crippen molar-refractivity contribution in [3.05, 3.63) is 53.6 Å². The first-order chi connectivity index (χ1) is 12.7. The molecule has 1 aliphatic heterocycles. The predicted molar refractivity (Wildman–Crippen MR) is 103 cm³/mol. The lowest BCUT2D eigenvalue weighted by molar-refractivity contribution is 0.00578. The third-order valence-corrected chi connectivity index (χ3v) is 4.94. The standard InChI is InChI=1S/C20H23BN2O4/c1-19(2)20(3,4)27-21(26-19)24-13-15-11-17(9-10-18(15)23)25-16-7-5-14(12-22)6-8-16/h5-11H,13,23H2,1-4H3. The fourth-order valence-electron chi connectivity index (χ4n) is 2.52. The molecule has 6 nitrogen and oxygen atoms in total. The van der Waals surface area contributed by atoms with E-state index in [0.29, 0.717) is 22.7 Å². The summed E-state index contributed by atoms with van der Waals surface area (Å²) < 4.78 is 23.3. The van der Waals surface area contributed by atoms with Gasteiger partial charge in [-0.1, -0.05) is 0 Å². The Labute approximate surface area is 160 Å². The number of ether oxygens (including phenoxy) is 1. The van der Waals surface area contributed by atoms with Crippen LogP contribution in [0.25, 0.3) is 0 Å². The minimum absolute atomic E-state index is 0.229. The van der Waals surface area contributed by atoms with Gasteiger partial charge in [-0.25, -0.2) is 0 Å². The summed E-state index contributed by atoms with van der Waals surface area (Å²) in [4.78, 5) is 0. The van der Waals surface area contributed by atoms with Crippen molar-refractivity contribution in [1.29, 1.82) is 5.26 Å². The van der Waals surface area contributed by atoms with Crippen LogP contribution in [0.15, 0.2) is 42.5 Å². The fourth-order valence-corrected chi connectivity index (χ4v) is 2.52. The minimum atomic E-state index is -0.752. The molecule has 3 rings (SSSR count). The van der Waals surface area contributed by atoms with Crippen molar-refractivity contribution in [2.75, 3.05) is 5.73 Å². The number of anilines is 1. The second-order valence-corrected chi connectivity index (χ2v) is 7.45. The van der Waals surface area contributed by atoms with Gasteiger partial charge in [0.05, 0.1) is 29.4 Å². The molecule has 2 aromatic carbocycles. The van der Waals surface area contributed by atoms with Crippen molar-refractivity contribution in [2.45, 2.75) is 45.5 Å². The van der Waals surface area contributed by atoms with Crippen LogP contribution in [0.2, 0.25) is 0 Å². The number of hydrogen-bond acceptors (Lipinski definition) is 6. The van der Waals surface area contributed by atoms with Gasteiger partial charge < -0.3 is 24.4 Å². The summed E-state index contributed by atoms with van der Waals surface area (Å²) in [5.41, 5.74) is 7.10. The Morgan fingerprint density at radius 2 is 1.59 bits per heavy atom. The highest BCUT2D eigenvalue weighted by Gasteiger charge is 2.52. The zero-order valence-electron chi connectivity index (χ0n) is 16.0. The van der Waals surface area contributed by atoms with Crippen molar-refractivity contribution in [3.63, 3.8) is 0 Å². The van der Waals surface area contributed by atoms with Gasteiger partial charge in [0, 0.05) is 11.3 Å². The second-order valence-electron chi connectivity index (χ2n) is 7.45. The summed E-state index contributed by atoms with van der Waals surface area (Å²) in [6.07, 6.45) is 0. The molecule has 0 amide bonds. The lowest BCUT2D eigenvalue weighted by Crippen LogP contribution is -2.41. The van der Waals surface area contributed by atoms with Gasteiger partial charge in [-0.3, -0.25) is 0 Å². The number of nitriles is 1. The molecule has 0 atom stereocenters. The second kappa shape index (κ2) is 7.24. The molecule has 7 heteroatoms. The molecule has 1 fully saturated rings. The van der Waals surface area contributed by atoms with E-state index in [-0.39, 0.29) is 6.61 Å². The predicted octanol–water partition coefficient (Wildman–Crippen LogP) is 4.04. The first-order valence-corrected chi connectivity index (χ1v) is 8.74. The largest absolute Gasteiger partial charge is 0.640 e. The molecule has 0 unspecified atom stereocenters. The van der Waals surface area contributed by atoms with Gasteiger partial charge in [0.1, 0.15) is 11.5 Å². The summed E-state index contributed by atoms with van der Waals surface area (Å²) in [5.74, 6) is 1.26. The number of nitrogen functional groups attached to an aromatic ring is 1. The maximum atomic E-state index is 8.86. The molecule has 2 N–H and O–H groups in total. The van der Waals surface area contributed by atoms with Gasteiger partial charge in [0.2, 0.25) is 0 Å². The quantitative estimate of drug-likeness (QED) is 0.635. The number of nitrogens with two attached hydrogens (primary N) is 1. The average molecular weight is 366 g/mol. The highest BCUT2D eigenvalue weighted by Crippen LogP contribution is 2.37. The van der Waals surface area contributed by atoms with Crippen LogP contribution in [0.5, 0.6) is 11.5 Å². The Balaban J connectivity index is 1.66. The van der Waals surface area contributed by atoms with Gasteiger partial charge >= 0.3 is 7.32 Å². The van der Waals surface area contributed by atoms with Crippen LogP contribution in [0, 0.1) is 11.3 Å². The maximum Gasteiger partial charge on any atom is 0.640 e. The fraction of sp³-hybridized carbons (Fsp3) is 0.350. The number of rotatable bonds is 5. The molecule has 1 saturated heterocycles. The van der Waals surface area contributed by atoms with Crippen molar-refractivity contribution in [1.82, 2.24) is 0 Å². The van der Waals surface area contributed by atoms with Gasteiger partial charge in [-0.05, 0) is 70.2 Å². The molecule has 140 valence electrons. The van der Waals surface area contributed by atoms with Crippen LogP contribution >= 0.6 is 0 Å². The van der Waals surface area contributed by atoms with E-state index in [1.54, 1.807) is 36.4 Å². The van der Waals surface area contributed by atoms with E-state index < -0.39 is 18.5 Å². The van der Waals surface area contributed by atoms with Gasteiger partial charge in [-0.15, -0.1) is 0 Å². The van der Waals surface area contributed by atoms with Crippen molar-refractivity contribution in [3.8, 4) is 17.6 Å². The zero-order valence-corrected chi connectivity index (χ0v) is 16.0. The maximum absolute atomic E-state index is 8.86. The van der Waals surface area contributed by atoms with Crippen LogP contribution in [0.1, 0.15) is 38.8 Å². The number of benzene rings is 2. The molecule has 1 heterocycles. The van der Waals surface area contributed by atoms with Crippen LogP contribution in [0.4, 0.5) is 5.69 Å². The Kier molecular flexibility index (Phi) is 5.16. The SMILES string of the molecule is CC1(C)OB(OCc2cc(Oc3ccc(C#N)cc3)ccc2N)OC1(C)C. The summed E-state index contributed by atoms with van der Waals surface area (Å²) in [6, 6.07) is 14.3. The van der Waals surface area contributed by atoms with Crippen LogP contribution < -0.4 is 10.5 Å². The summed E-state index contributed by atoms with van der Waals surface area (Å²) in [6.45, 7) is 8.11. The molecule has 0 radical (unpaired) electrons. The monoisotopic (exact) mass is 366 g/mol. The van der Waals surface area contributed by atoms with E-state index >= 15 is 0 Å². The van der Waals surface area contributed by atoms with E-state index in [1.165, 1.54) is 0 Å². The Hall–Kier alpha value is -2.53. The Morgan fingerprint density at radius 1 is 1.00 bits per heavy atom. The summed E-state index contributed by atoms with van der Waals surface area (Å²) >= 11 is 0. The molecule has 0 aliphatic carbocycles. The first-order valence-electron chi connectivity index (χ1n) is 8.74. The van der Waals surface area contributed by atoms with Gasteiger partial charge in [-0.2, -0.15) is 5.26 Å². The normalized spacial score (nSPS) is 17.5. The molecule has 0 spiro atoms. The molecule has 1 aliphatic rings. The van der Waals surface area contributed by atoms with Crippen LogP contribution in [-0.2, 0) is 20.6 Å². The van der Waals surface area contributed by atoms with E-state index in [9.17, 15) is 0 Å². The highest BCUT2D eigenvalue weighted by molar-refractivity contribution is 6.37. The summed E-state index contributed by atoms with van der Waals surface area (Å²) in [7, 11) is -0.752. The smallest absolute Gasteiger partial charge is 0.457 e. The zero-order chi connectivity index (χ0) is 19.7. The molecule has 0 aromatic heterocycles. The van der Waals surface area contributed by atoms with Crippen molar-refractivity contribution < 1.29 is 18.7 Å². The van der Waals surface area contributed by atoms with E-state index in [2.05, 4.69) is 6.07 Å². The Bertz CT molecular complexity index is 843.